The lowest BCUT2D eigenvalue weighted by Crippen LogP contribution is -2.11. The van der Waals surface area contributed by atoms with Gasteiger partial charge in [-0.15, -0.1) is 0 Å². The predicted octanol–water partition coefficient (Wildman–Crippen LogP) is 5.00. The second-order valence-corrected chi connectivity index (χ2v) is 5.33. The Kier molecular flexibility index (Phi) is 5.25. The molecule has 2 aromatic rings. The average Bonchev–Trinajstić information content (AvgIpc) is 2.40. The fraction of sp³-hybridized carbons (Fsp3) is 0.200. The normalized spacial score (nSPS) is 10.5. The molecular weight excluding hydrogens is 326 g/mol. The molecule has 100 valence electrons. The summed E-state index contributed by atoms with van der Waals surface area (Å²) in [5.74, 6) is 1.51. The lowest BCUT2D eigenvalue weighted by Gasteiger charge is -2.10. The predicted molar refractivity (Wildman–Crippen MR) is 83.0 cm³/mol. The molecular formula is C15H15BrClNO. The highest BCUT2D eigenvalue weighted by Gasteiger charge is 2.05. The van der Waals surface area contributed by atoms with E-state index in [4.69, 9.17) is 16.3 Å². The van der Waals surface area contributed by atoms with Crippen LogP contribution in [0.25, 0.3) is 0 Å². The third-order valence-electron chi connectivity index (χ3n) is 2.65. The van der Waals surface area contributed by atoms with E-state index in [0.29, 0.717) is 5.02 Å². The molecule has 0 spiro atoms. The molecule has 0 atom stereocenters. The molecule has 2 nitrogen and oxygen atoms in total. The van der Waals surface area contributed by atoms with Crippen LogP contribution in [0.15, 0.2) is 46.9 Å². The Morgan fingerprint density at radius 1 is 1.21 bits per heavy atom. The van der Waals surface area contributed by atoms with Crippen LogP contribution >= 0.6 is 27.5 Å². The molecule has 0 aliphatic heterocycles. The van der Waals surface area contributed by atoms with Gasteiger partial charge < -0.3 is 10.1 Å². The first kappa shape index (κ1) is 14.4. The number of hydrogen-bond donors (Lipinski definition) is 1. The first-order chi connectivity index (χ1) is 9.20. The Balaban J connectivity index is 2.14. The van der Waals surface area contributed by atoms with Crippen molar-refractivity contribution in [3.8, 4) is 11.5 Å². The van der Waals surface area contributed by atoms with Crippen molar-refractivity contribution < 1.29 is 4.74 Å². The van der Waals surface area contributed by atoms with Gasteiger partial charge in [0.25, 0.3) is 0 Å². The van der Waals surface area contributed by atoms with Crippen molar-refractivity contribution >= 4 is 27.5 Å². The second kappa shape index (κ2) is 6.94. The molecule has 2 aromatic carbocycles. The fourth-order valence-corrected chi connectivity index (χ4v) is 2.25. The third kappa shape index (κ3) is 3.96. The Labute approximate surface area is 126 Å². The SMILES string of the molecule is CCNCc1ccc(Oc2ccccc2Br)cc1Cl. The van der Waals surface area contributed by atoms with E-state index in [-0.39, 0.29) is 0 Å². The van der Waals surface area contributed by atoms with E-state index >= 15 is 0 Å². The van der Waals surface area contributed by atoms with Crippen LogP contribution in [0.5, 0.6) is 11.5 Å². The number of benzene rings is 2. The van der Waals surface area contributed by atoms with Crippen molar-refractivity contribution in [2.24, 2.45) is 0 Å². The van der Waals surface area contributed by atoms with Gasteiger partial charge in [0.05, 0.1) is 4.47 Å². The third-order valence-corrected chi connectivity index (χ3v) is 3.66. The van der Waals surface area contributed by atoms with Gasteiger partial charge in [0, 0.05) is 11.6 Å². The molecule has 19 heavy (non-hydrogen) atoms. The summed E-state index contributed by atoms with van der Waals surface area (Å²) in [5, 5.41) is 3.96. The molecule has 0 unspecified atom stereocenters. The van der Waals surface area contributed by atoms with Crippen molar-refractivity contribution in [3.05, 3.63) is 57.5 Å². The summed E-state index contributed by atoms with van der Waals surface area (Å²) in [6.45, 7) is 3.76. The van der Waals surface area contributed by atoms with Gasteiger partial charge in [0.2, 0.25) is 0 Å². The van der Waals surface area contributed by atoms with Gasteiger partial charge >= 0.3 is 0 Å². The van der Waals surface area contributed by atoms with Crippen molar-refractivity contribution in [2.75, 3.05) is 6.54 Å². The maximum atomic E-state index is 6.24. The molecule has 0 heterocycles. The molecule has 0 bridgehead atoms. The topological polar surface area (TPSA) is 21.3 Å². The van der Waals surface area contributed by atoms with Crippen LogP contribution in [0.3, 0.4) is 0 Å². The van der Waals surface area contributed by atoms with E-state index in [1.165, 1.54) is 0 Å². The van der Waals surface area contributed by atoms with Gasteiger partial charge in [0.15, 0.2) is 0 Å². The minimum absolute atomic E-state index is 0.713. The van der Waals surface area contributed by atoms with Crippen molar-refractivity contribution in [3.63, 3.8) is 0 Å². The summed E-state index contributed by atoms with van der Waals surface area (Å²) >= 11 is 9.69. The number of halogens is 2. The van der Waals surface area contributed by atoms with Crippen LogP contribution in [0.2, 0.25) is 5.02 Å². The van der Waals surface area contributed by atoms with Gasteiger partial charge in [-0.25, -0.2) is 0 Å². The van der Waals surface area contributed by atoms with Crippen LogP contribution in [-0.4, -0.2) is 6.54 Å². The zero-order valence-electron chi connectivity index (χ0n) is 10.6. The van der Waals surface area contributed by atoms with E-state index in [0.717, 1.165) is 34.6 Å². The first-order valence-corrected chi connectivity index (χ1v) is 7.29. The van der Waals surface area contributed by atoms with Gasteiger partial charge in [0.1, 0.15) is 11.5 Å². The summed E-state index contributed by atoms with van der Waals surface area (Å²) in [4.78, 5) is 0. The van der Waals surface area contributed by atoms with Crippen LogP contribution < -0.4 is 10.1 Å². The first-order valence-electron chi connectivity index (χ1n) is 6.12. The number of nitrogens with one attached hydrogen (secondary N) is 1. The standard InChI is InChI=1S/C15H15BrClNO/c1-2-18-10-11-7-8-12(9-14(11)17)19-15-6-4-3-5-13(15)16/h3-9,18H,2,10H2,1H3. The average molecular weight is 341 g/mol. The summed E-state index contributed by atoms with van der Waals surface area (Å²) in [6.07, 6.45) is 0. The van der Waals surface area contributed by atoms with Crippen LogP contribution in [0.4, 0.5) is 0 Å². The molecule has 0 aliphatic carbocycles. The van der Waals surface area contributed by atoms with Crippen LogP contribution in [0.1, 0.15) is 12.5 Å². The number of para-hydroxylation sites is 1. The molecule has 0 fully saturated rings. The molecule has 0 radical (unpaired) electrons. The molecule has 0 saturated heterocycles. The molecule has 4 heteroatoms. The molecule has 0 amide bonds. The Bertz CT molecular complexity index is 560. The van der Waals surface area contributed by atoms with Gasteiger partial charge in [-0.05, 0) is 52.3 Å². The fourth-order valence-electron chi connectivity index (χ4n) is 1.65. The maximum absolute atomic E-state index is 6.24. The van der Waals surface area contributed by atoms with E-state index < -0.39 is 0 Å². The van der Waals surface area contributed by atoms with Crippen LogP contribution in [0, 0.1) is 0 Å². The molecule has 0 saturated carbocycles. The summed E-state index contributed by atoms with van der Waals surface area (Å²) < 4.78 is 6.72. The number of hydrogen-bond acceptors (Lipinski definition) is 2. The smallest absolute Gasteiger partial charge is 0.141 e. The highest BCUT2D eigenvalue weighted by Crippen LogP contribution is 2.31. The summed E-state index contributed by atoms with van der Waals surface area (Å²) in [5.41, 5.74) is 1.07. The highest BCUT2D eigenvalue weighted by molar-refractivity contribution is 9.10. The van der Waals surface area contributed by atoms with Crippen molar-refractivity contribution in [1.82, 2.24) is 5.32 Å². The zero-order chi connectivity index (χ0) is 13.7. The van der Waals surface area contributed by atoms with Gasteiger partial charge in [-0.3, -0.25) is 0 Å². The van der Waals surface area contributed by atoms with E-state index in [1.807, 2.05) is 42.5 Å². The monoisotopic (exact) mass is 339 g/mol. The maximum Gasteiger partial charge on any atom is 0.141 e. The summed E-state index contributed by atoms with van der Waals surface area (Å²) in [6, 6.07) is 13.5. The minimum atomic E-state index is 0.713. The van der Waals surface area contributed by atoms with Crippen molar-refractivity contribution in [2.45, 2.75) is 13.5 Å². The Morgan fingerprint density at radius 2 is 2.00 bits per heavy atom. The minimum Gasteiger partial charge on any atom is -0.456 e. The molecule has 2 rings (SSSR count). The van der Waals surface area contributed by atoms with Crippen LogP contribution in [-0.2, 0) is 6.54 Å². The highest BCUT2D eigenvalue weighted by atomic mass is 79.9. The lowest BCUT2D eigenvalue weighted by molar-refractivity contribution is 0.479. The number of ether oxygens (including phenoxy) is 1. The number of rotatable bonds is 5. The van der Waals surface area contributed by atoms with E-state index in [2.05, 4.69) is 28.2 Å². The van der Waals surface area contributed by atoms with Gasteiger partial charge in [-0.2, -0.15) is 0 Å². The van der Waals surface area contributed by atoms with E-state index in [9.17, 15) is 0 Å². The summed E-state index contributed by atoms with van der Waals surface area (Å²) in [7, 11) is 0. The largest absolute Gasteiger partial charge is 0.456 e. The van der Waals surface area contributed by atoms with Gasteiger partial charge in [-0.1, -0.05) is 36.7 Å². The molecule has 0 aliphatic rings. The zero-order valence-corrected chi connectivity index (χ0v) is 13.0. The quantitative estimate of drug-likeness (QED) is 0.826. The van der Waals surface area contributed by atoms with Crippen molar-refractivity contribution in [1.29, 1.82) is 0 Å². The molecule has 1 N–H and O–H groups in total. The second-order valence-electron chi connectivity index (χ2n) is 4.07. The Morgan fingerprint density at radius 3 is 2.68 bits per heavy atom. The Hall–Kier alpha value is -1.03. The van der Waals surface area contributed by atoms with E-state index in [1.54, 1.807) is 0 Å². The molecule has 0 aromatic heterocycles. The lowest BCUT2D eigenvalue weighted by atomic mass is 10.2.